The van der Waals surface area contributed by atoms with Crippen LogP contribution in [0.4, 0.5) is 10.1 Å². The molecule has 0 heterocycles. The molecule has 2 aromatic rings. The first-order valence-corrected chi connectivity index (χ1v) is 7.24. The van der Waals surface area contributed by atoms with E-state index in [4.69, 9.17) is 11.6 Å². The molecule has 0 aliphatic rings. The van der Waals surface area contributed by atoms with Crippen molar-refractivity contribution >= 4 is 17.3 Å². The van der Waals surface area contributed by atoms with E-state index in [1.54, 1.807) is 19.1 Å². The molecule has 0 spiro atoms. The molecule has 4 heteroatoms. The lowest BCUT2D eigenvalue weighted by atomic mass is 10.0. The van der Waals surface area contributed by atoms with Gasteiger partial charge in [0.05, 0.1) is 17.8 Å². The molecule has 1 N–H and O–H groups in total. The van der Waals surface area contributed by atoms with Crippen LogP contribution in [0.25, 0.3) is 0 Å². The average molecular weight is 308 g/mol. The zero-order valence-corrected chi connectivity index (χ0v) is 13.1. The van der Waals surface area contributed by atoms with E-state index < -0.39 is 6.10 Å². The third-order valence-corrected chi connectivity index (χ3v) is 3.97. The second-order valence-corrected chi connectivity index (χ2v) is 5.63. The lowest BCUT2D eigenvalue weighted by Gasteiger charge is -2.30. The monoisotopic (exact) mass is 307 g/mol. The van der Waals surface area contributed by atoms with Crippen LogP contribution < -0.4 is 4.90 Å². The van der Waals surface area contributed by atoms with Crippen molar-refractivity contribution in [1.82, 2.24) is 0 Å². The molecule has 2 atom stereocenters. The fourth-order valence-corrected chi connectivity index (χ4v) is 2.62. The predicted octanol–water partition coefficient (Wildman–Crippen LogP) is 4.73. The Morgan fingerprint density at radius 3 is 2.43 bits per heavy atom. The normalized spacial score (nSPS) is 13.8. The molecule has 1 unspecified atom stereocenters. The summed E-state index contributed by atoms with van der Waals surface area (Å²) in [5.41, 5.74) is 1.98. The van der Waals surface area contributed by atoms with Crippen molar-refractivity contribution in [1.29, 1.82) is 0 Å². The maximum atomic E-state index is 14.2. The topological polar surface area (TPSA) is 23.5 Å². The number of hydrogen-bond donors (Lipinski definition) is 1. The molecule has 0 saturated heterocycles. The summed E-state index contributed by atoms with van der Waals surface area (Å²) < 4.78 is 14.2. The summed E-state index contributed by atoms with van der Waals surface area (Å²) in [6.45, 7) is 3.61. The van der Waals surface area contributed by atoms with Gasteiger partial charge in [0.15, 0.2) is 0 Å². The van der Waals surface area contributed by atoms with Crippen molar-refractivity contribution in [3.8, 4) is 0 Å². The van der Waals surface area contributed by atoms with Crippen LogP contribution in [0.3, 0.4) is 0 Å². The molecule has 0 aliphatic carbocycles. The van der Waals surface area contributed by atoms with Crippen molar-refractivity contribution in [2.24, 2.45) is 0 Å². The molecule has 0 radical (unpaired) electrons. The fourth-order valence-electron chi connectivity index (χ4n) is 2.42. The van der Waals surface area contributed by atoms with Gasteiger partial charge in [-0.15, -0.1) is 0 Å². The van der Waals surface area contributed by atoms with Crippen LogP contribution in [-0.2, 0) is 0 Å². The Kier molecular flexibility index (Phi) is 4.86. The van der Waals surface area contributed by atoms with E-state index in [0.717, 1.165) is 5.56 Å². The maximum Gasteiger partial charge on any atom is 0.146 e. The number of anilines is 1. The number of hydrogen-bond acceptors (Lipinski definition) is 2. The van der Waals surface area contributed by atoms with Gasteiger partial charge in [-0.1, -0.05) is 35.9 Å². The number of benzene rings is 2. The van der Waals surface area contributed by atoms with Crippen LogP contribution in [-0.4, -0.2) is 12.2 Å². The Balaban J connectivity index is 2.42. The molecule has 0 bridgehead atoms. The lowest BCUT2D eigenvalue weighted by molar-refractivity contribution is 0.199. The Morgan fingerprint density at radius 2 is 1.81 bits per heavy atom. The lowest BCUT2D eigenvalue weighted by Crippen LogP contribution is -2.24. The summed E-state index contributed by atoms with van der Waals surface area (Å²) in [7, 11) is 1.82. The second kappa shape index (κ2) is 6.46. The third kappa shape index (κ3) is 3.36. The number of para-hydroxylation sites is 1. The van der Waals surface area contributed by atoms with Gasteiger partial charge in [-0.2, -0.15) is 0 Å². The van der Waals surface area contributed by atoms with Crippen molar-refractivity contribution in [2.45, 2.75) is 26.0 Å². The number of aliphatic hydroxyl groups excluding tert-OH is 1. The minimum Gasteiger partial charge on any atom is -0.389 e. The molecular formula is C17H19ClFNO. The largest absolute Gasteiger partial charge is 0.389 e. The maximum absolute atomic E-state index is 14.2. The van der Waals surface area contributed by atoms with Gasteiger partial charge in [-0.3, -0.25) is 0 Å². The van der Waals surface area contributed by atoms with Crippen molar-refractivity contribution in [3.05, 3.63) is 64.4 Å². The summed E-state index contributed by atoms with van der Waals surface area (Å²) >= 11 is 6.02. The Hall–Kier alpha value is -1.58. The highest BCUT2D eigenvalue weighted by atomic mass is 35.5. The number of rotatable bonds is 4. The van der Waals surface area contributed by atoms with Crippen LogP contribution >= 0.6 is 11.6 Å². The Labute approximate surface area is 129 Å². The van der Waals surface area contributed by atoms with E-state index in [2.05, 4.69) is 0 Å². The van der Waals surface area contributed by atoms with Gasteiger partial charge < -0.3 is 10.0 Å². The number of aliphatic hydroxyl groups is 1. The minimum atomic E-state index is -0.732. The average Bonchev–Trinajstić information content (AvgIpc) is 2.45. The highest BCUT2D eigenvalue weighted by molar-refractivity contribution is 6.30. The van der Waals surface area contributed by atoms with Crippen LogP contribution in [0.15, 0.2) is 42.5 Å². The van der Waals surface area contributed by atoms with E-state index in [1.807, 2.05) is 43.1 Å². The van der Waals surface area contributed by atoms with Crippen LogP contribution in [0.1, 0.15) is 37.1 Å². The fraction of sp³-hybridized carbons (Fsp3) is 0.294. The van der Waals surface area contributed by atoms with Gasteiger partial charge in [0.25, 0.3) is 0 Å². The molecule has 0 aromatic heterocycles. The Morgan fingerprint density at radius 1 is 1.14 bits per heavy atom. The third-order valence-electron chi connectivity index (χ3n) is 3.73. The molecule has 2 aromatic carbocycles. The smallest absolute Gasteiger partial charge is 0.146 e. The first-order chi connectivity index (χ1) is 9.91. The van der Waals surface area contributed by atoms with E-state index in [-0.39, 0.29) is 11.9 Å². The SMILES string of the molecule is CC(c1cccc(Cl)c1)N(C)c1c(F)cccc1[C@@H](C)O. The van der Waals surface area contributed by atoms with Crippen LogP contribution in [0.5, 0.6) is 0 Å². The first-order valence-electron chi connectivity index (χ1n) is 6.86. The van der Waals surface area contributed by atoms with E-state index in [0.29, 0.717) is 16.3 Å². The summed E-state index contributed by atoms with van der Waals surface area (Å²) in [6.07, 6.45) is -0.732. The van der Waals surface area contributed by atoms with Crippen molar-refractivity contribution in [3.63, 3.8) is 0 Å². The summed E-state index contributed by atoms with van der Waals surface area (Å²) in [4.78, 5) is 1.82. The molecule has 0 fully saturated rings. The van der Waals surface area contributed by atoms with Gasteiger partial charge in [-0.05, 0) is 37.6 Å². The predicted molar refractivity (Wildman–Crippen MR) is 85.3 cm³/mol. The number of halogens is 2. The Bertz CT molecular complexity index is 630. The summed E-state index contributed by atoms with van der Waals surface area (Å²) in [5.74, 6) is -0.343. The van der Waals surface area contributed by atoms with Crippen LogP contribution in [0, 0.1) is 5.82 Å². The summed E-state index contributed by atoms with van der Waals surface area (Å²) in [6, 6.07) is 12.2. The number of nitrogens with zero attached hydrogens (tertiary/aromatic N) is 1. The van der Waals surface area contributed by atoms with Gasteiger partial charge in [0, 0.05) is 17.6 Å². The minimum absolute atomic E-state index is 0.0712. The molecule has 112 valence electrons. The van der Waals surface area contributed by atoms with Gasteiger partial charge in [0.2, 0.25) is 0 Å². The molecule has 2 rings (SSSR count). The zero-order valence-electron chi connectivity index (χ0n) is 12.3. The molecular weight excluding hydrogens is 289 g/mol. The second-order valence-electron chi connectivity index (χ2n) is 5.20. The van der Waals surface area contributed by atoms with Gasteiger partial charge in [-0.25, -0.2) is 4.39 Å². The molecule has 21 heavy (non-hydrogen) atoms. The standard InChI is InChI=1S/C17H19ClFNO/c1-11(13-6-4-7-14(18)10-13)20(3)17-15(12(2)21)8-5-9-16(17)19/h4-12,21H,1-3H3/t11?,12-/m1/s1. The van der Waals surface area contributed by atoms with Crippen molar-refractivity contribution < 1.29 is 9.50 Å². The molecule has 0 aliphatic heterocycles. The van der Waals surface area contributed by atoms with Gasteiger partial charge in [0.1, 0.15) is 5.82 Å². The van der Waals surface area contributed by atoms with Crippen molar-refractivity contribution in [2.75, 3.05) is 11.9 Å². The van der Waals surface area contributed by atoms with E-state index in [9.17, 15) is 9.50 Å². The quantitative estimate of drug-likeness (QED) is 0.882. The molecule has 0 amide bonds. The highest BCUT2D eigenvalue weighted by Crippen LogP contribution is 2.34. The van der Waals surface area contributed by atoms with Crippen LogP contribution in [0.2, 0.25) is 5.02 Å². The molecule has 0 saturated carbocycles. The zero-order chi connectivity index (χ0) is 15.6. The molecule has 2 nitrogen and oxygen atoms in total. The van der Waals surface area contributed by atoms with E-state index >= 15 is 0 Å². The highest BCUT2D eigenvalue weighted by Gasteiger charge is 2.21. The van der Waals surface area contributed by atoms with E-state index in [1.165, 1.54) is 6.07 Å². The summed E-state index contributed by atoms with van der Waals surface area (Å²) in [5, 5.41) is 10.5. The van der Waals surface area contributed by atoms with Gasteiger partial charge >= 0.3 is 0 Å². The first kappa shape index (κ1) is 15.8.